The molecule has 1 aliphatic rings. The first-order chi connectivity index (χ1) is 13.5. The van der Waals surface area contributed by atoms with Gasteiger partial charge < -0.3 is 0 Å². The molecule has 0 aliphatic carbocycles. The molecule has 1 saturated heterocycles. The summed E-state index contributed by atoms with van der Waals surface area (Å²) in [5.74, 6) is -0.0784. The van der Waals surface area contributed by atoms with Crippen LogP contribution in [-0.4, -0.2) is 21.3 Å². The van der Waals surface area contributed by atoms with Gasteiger partial charge in [0.05, 0.1) is 5.25 Å². The lowest BCUT2D eigenvalue weighted by atomic mass is 10.1. The van der Waals surface area contributed by atoms with Crippen LogP contribution in [0.2, 0.25) is 5.02 Å². The molecule has 28 heavy (non-hydrogen) atoms. The molecule has 0 spiro atoms. The molecular weight excluding hydrogens is 478 g/mol. The van der Waals surface area contributed by atoms with Crippen molar-refractivity contribution in [2.45, 2.75) is 18.1 Å². The molecule has 0 unspecified atom stereocenters. The highest BCUT2D eigenvalue weighted by molar-refractivity contribution is 9.10. The number of hydrogen-bond donors (Lipinski definition) is 1. The normalized spacial score (nSPS) is 16.8. The smallest absolute Gasteiger partial charge is 0.248 e. The number of carbonyl (C=O) groups is 1. The second-order valence-electron chi connectivity index (χ2n) is 6.33. The molecular formula is C20H15BrClN3OS2. The summed E-state index contributed by atoms with van der Waals surface area (Å²) in [6, 6.07) is 15.6. The first kappa shape index (κ1) is 19.6. The number of halogens is 2. The van der Waals surface area contributed by atoms with Crippen molar-refractivity contribution in [3.8, 4) is 0 Å². The molecule has 1 aliphatic heterocycles. The van der Waals surface area contributed by atoms with Gasteiger partial charge in [0.25, 0.3) is 0 Å². The van der Waals surface area contributed by atoms with E-state index >= 15 is 0 Å². The van der Waals surface area contributed by atoms with Crippen LogP contribution in [0, 0.1) is 5.41 Å². The van der Waals surface area contributed by atoms with Crippen LogP contribution in [0.1, 0.15) is 16.0 Å². The van der Waals surface area contributed by atoms with Gasteiger partial charge in [0.1, 0.15) is 0 Å². The lowest BCUT2D eigenvalue weighted by Gasteiger charge is -2.11. The van der Waals surface area contributed by atoms with Gasteiger partial charge in [0.15, 0.2) is 10.3 Å². The van der Waals surface area contributed by atoms with Crippen LogP contribution >= 0.6 is 50.6 Å². The zero-order valence-electron chi connectivity index (χ0n) is 14.6. The lowest BCUT2D eigenvalue weighted by Crippen LogP contribution is -2.32. The molecule has 8 heteroatoms. The minimum absolute atomic E-state index is 0.0784. The Balaban J connectivity index is 1.47. The van der Waals surface area contributed by atoms with E-state index in [0.717, 1.165) is 26.9 Å². The third-order valence-corrected chi connectivity index (χ3v) is 7.13. The molecule has 3 aromatic rings. The van der Waals surface area contributed by atoms with Gasteiger partial charge in [-0.2, -0.15) is 0 Å². The first-order valence-electron chi connectivity index (χ1n) is 8.52. The number of thiazole rings is 1. The summed E-state index contributed by atoms with van der Waals surface area (Å²) < 4.78 is 1.01. The molecule has 1 N–H and O–H groups in total. The molecule has 0 saturated carbocycles. The maximum absolute atomic E-state index is 12.9. The number of amidine groups is 1. The fraction of sp³-hybridized carbons (Fsp3) is 0.150. The van der Waals surface area contributed by atoms with Gasteiger partial charge in [0.2, 0.25) is 5.91 Å². The van der Waals surface area contributed by atoms with Gasteiger partial charge in [-0.1, -0.05) is 63.6 Å². The fourth-order valence-electron chi connectivity index (χ4n) is 2.91. The lowest BCUT2D eigenvalue weighted by molar-refractivity contribution is -0.116. The summed E-state index contributed by atoms with van der Waals surface area (Å²) in [6.07, 6.45) is 3.10. The van der Waals surface area contributed by atoms with Crippen molar-refractivity contribution in [1.29, 1.82) is 5.41 Å². The van der Waals surface area contributed by atoms with E-state index in [4.69, 9.17) is 17.0 Å². The van der Waals surface area contributed by atoms with E-state index in [1.807, 2.05) is 48.5 Å². The maximum atomic E-state index is 12.9. The second kappa shape index (κ2) is 8.37. The highest BCUT2D eigenvalue weighted by atomic mass is 79.9. The van der Waals surface area contributed by atoms with Crippen LogP contribution in [-0.2, 0) is 17.6 Å². The third-order valence-electron chi connectivity index (χ3n) is 4.31. The van der Waals surface area contributed by atoms with Crippen molar-refractivity contribution >= 4 is 66.8 Å². The van der Waals surface area contributed by atoms with Gasteiger partial charge in [0, 0.05) is 27.0 Å². The van der Waals surface area contributed by atoms with Crippen LogP contribution in [0.5, 0.6) is 0 Å². The summed E-state index contributed by atoms with van der Waals surface area (Å²) in [5, 5.41) is 9.48. The summed E-state index contributed by atoms with van der Waals surface area (Å²) in [6.45, 7) is 0. The molecule has 1 aromatic heterocycles. The predicted octanol–water partition coefficient (Wildman–Crippen LogP) is 5.78. The van der Waals surface area contributed by atoms with E-state index < -0.39 is 0 Å². The molecule has 2 heterocycles. The zero-order valence-corrected chi connectivity index (χ0v) is 18.5. The Morgan fingerprint density at radius 2 is 1.79 bits per heavy atom. The molecule has 1 fully saturated rings. The highest BCUT2D eigenvalue weighted by Crippen LogP contribution is 2.35. The second-order valence-corrected chi connectivity index (χ2v) is 9.97. The van der Waals surface area contributed by atoms with E-state index in [2.05, 4.69) is 20.9 Å². The van der Waals surface area contributed by atoms with Crippen LogP contribution in [0.3, 0.4) is 0 Å². The summed E-state index contributed by atoms with van der Waals surface area (Å²) in [4.78, 5) is 19.8. The number of benzene rings is 2. The Labute approximate surface area is 184 Å². The Morgan fingerprint density at radius 1 is 1.11 bits per heavy atom. The van der Waals surface area contributed by atoms with Crippen LogP contribution in [0.4, 0.5) is 5.13 Å². The number of anilines is 1. The molecule has 1 atom stereocenters. The van der Waals surface area contributed by atoms with Crippen molar-refractivity contribution < 1.29 is 4.79 Å². The number of rotatable bonds is 5. The fourth-order valence-corrected chi connectivity index (χ4v) is 5.35. The Morgan fingerprint density at radius 3 is 2.50 bits per heavy atom. The van der Waals surface area contributed by atoms with Gasteiger partial charge in [-0.25, -0.2) is 9.88 Å². The number of amides is 1. The SMILES string of the molecule is N=C1S[C@H](Cc2ccc(Br)cc2)C(=O)N1c1ncc(Cc2ccc(Cl)cc2)s1. The molecule has 4 rings (SSSR count). The van der Waals surface area contributed by atoms with E-state index in [0.29, 0.717) is 16.6 Å². The van der Waals surface area contributed by atoms with Crippen molar-refractivity contribution in [2.24, 2.45) is 0 Å². The Hall–Kier alpha value is -1.67. The van der Waals surface area contributed by atoms with Crippen LogP contribution in [0.25, 0.3) is 0 Å². The zero-order chi connectivity index (χ0) is 19.7. The molecule has 2 aromatic carbocycles. The summed E-state index contributed by atoms with van der Waals surface area (Å²) in [5.41, 5.74) is 2.20. The van der Waals surface area contributed by atoms with Crippen molar-refractivity contribution in [3.05, 3.63) is 80.2 Å². The average molecular weight is 493 g/mol. The summed E-state index contributed by atoms with van der Waals surface area (Å²) >= 11 is 12.1. The van der Waals surface area contributed by atoms with E-state index in [-0.39, 0.29) is 16.3 Å². The largest absolute Gasteiger partial charge is 0.278 e. The van der Waals surface area contributed by atoms with E-state index in [1.54, 1.807) is 6.20 Å². The average Bonchev–Trinajstić information content (AvgIpc) is 3.23. The molecule has 142 valence electrons. The number of nitrogens with zero attached hydrogens (tertiary/aromatic N) is 2. The van der Waals surface area contributed by atoms with Crippen LogP contribution in [0.15, 0.2) is 59.2 Å². The maximum Gasteiger partial charge on any atom is 0.248 e. The third kappa shape index (κ3) is 4.33. The first-order valence-corrected chi connectivity index (χ1v) is 11.4. The van der Waals surface area contributed by atoms with Gasteiger partial charge in [-0.3, -0.25) is 10.2 Å². The molecule has 0 radical (unpaired) electrons. The minimum Gasteiger partial charge on any atom is -0.278 e. The van der Waals surface area contributed by atoms with Gasteiger partial charge in [-0.15, -0.1) is 11.3 Å². The number of carbonyl (C=O) groups excluding carboxylic acids is 1. The predicted molar refractivity (Wildman–Crippen MR) is 121 cm³/mol. The molecule has 1 amide bonds. The standard InChI is InChI=1S/C20H15BrClN3OS2/c21-14-5-1-13(2-6-14)10-17-18(26)25(19(23)28-17)20-24-11-16(27-20)9-12-3-7-15(22)8-4-12/h1-8,11,17,23H,9-10H2/t17-/m1/s1. The topological polar surface area (TPSA) is 57.1 Å². The van der Waals surface area contributed by atoms with Crippen molar-refractivity contribution in [1.82, 2.24) is 4.98 Å². The number of thioether (sulfide) groups is 1. The summed E-state index contributed by atoms with van der Waals surface area (Å²) in [7, 11) is 0. The number of aromatic nitrogens is 1. The highest BCUT2D eigenvalue weighted by Gasteiger charge is 2.39. The minimum atomic E-state index is -0.294. The van der Waals surface area contributed by atoms with Gasteiger partial charge >= 0.3 is 0 Å². The Bertz CT molecular complexity index is 1020. The van der Waals surface area contributed by atoms with Crippen molar-refractivity contribution in [2.75, 3.05) is 4.90 Å². The van der Waals surface area contributed by atoms with Crippen LogP contribution < -0.4 is 4.90 Å². The quantitative estimate of drug-likeness (QED) is 0.491. The van der Waals surface area contributed by atoms with Gasteiger partial charge in [-0.05, 0) is 41.8 Å². The van der Waals surface area contributed by atoms with Crippen molar-refractivity contribution in [3.63, 3.8) is 0 Å². The molecule has 4 nitrogen and oxygen atoms in total. The number of nitrogens with one attached hydrogen (secondary N) is 1. The van der Waals surface area contributed by atoms with E-state index in [9.17, 15) is 4.79 Å². The monoisotopic (exact) mass is 491 g/mol. The molecule has 0 bridgehead atoms. The Kier molecular flexibility index (Phi) is 5.87. The van der Waals surface area contributed by atoms with E-state index in [1.165, 1.54) is 28.0 Å². The number of hydrogen-bond acceptors (Lipinski definition) is 5.